The number of rotatable bonds is 3. The molecule has 1 aromatic heterocycles. The van der Waals surface area contributed by atoms with Gasteiger partial charge in [0, 0.05) is 18.2 Å². The number of morpholine rings is 1. The van der Waals surface area contributed by atoms with E-state index in [1.807, 2.05) is 0 Å². The number of aryl methyl sites for hydroxylation is 2. The number of nitro groups is 1. The molecule has 0 saturated carbocycles. The predicted molar refractivity (Wildman–Crippen MR) is 90.6 cm³/mol. The van der Waals surface area contributed by atoms with Crippen LogP contribution in [0.4, 0.5) is 16.2 Å². The van der Waals surface area contributed by atoms with Gasteiger partial charge < -0.3 is 19.4 Å². The lowest BCUT2D eigenvalue weighted by Gasteiger charge is -2.32. The van der Waals surface area contributed by atoms with Gasteiger partial charge in [0.15, 0.2) is 0 Å². The number of hydrogen-bond acceptors (Lipinski definition) is 5. The molecule has 1 aromatic carbocycles. The van der Waals surface area contributed by atoms with Gasteiger partial charge in [-0.15, -0.1) is 0 Å². The Balaban J connectivity index is 1.74. The van der Waals surface area contributed by atoms with Crippen LogP contribution in [0.5, 0.6) is 0 Å². The number of nitro benzene ring substituents is 1. The number of amides is 2. The summed E-state index contributed by atoms with van der Waals surface area (Å²) in [6, 6.07) is 6.35. The maximum atomic E-state index is 12.6. The standard InChI is InChI=1S/C17H19N3O5/c1-11-8-12(2)14(20(22)23)9-13(11)18-17(21)19-5-7-25-16(10-19)15-4-3-6-24-15/h3-4,6,8-9,16H,5,7,10H2,1-2H3,(H,18,21). The third kappa shape index (κ3) is 3.63. The molecule has 0 bridgehead atoms. The van der Waals surface area contributed by atoms with Crippen LogP contribution in [0.15, 0.2) is 34.9 Å². The van der Waals surface area contributed by atoms with Crippen LogP contribution in [-0.4, -0.2) is 35.6 Å². The van der Waals surface area contributed by atoms with Gasteiger partial charge >= 0.3 is 6.03 Å². The SMILES string of the molecule is Cc1cc(C)c([N+](=O)[O-])cc1NC(=O)N1CCOC(c2ccco2)C1. The molecule has 2 aromatic rings. The second-order valence-corrected chi connectivity index (χ2v) is 5.96. The summed E-state index contributed by atoms with van der Waals surface area (Å²) in [5, 5.41) is 13.9. The highest BCUT2D eigenvalue weighted by atomic mass is 16.6. The maximum Gasteiger partial charge on any atom is 0.322 e. The molecule has 1 aliphatic heterocycles. The van der Waals surface area contributed by atoms with Gasteiger partial charge in [-0.05, 0) is 37.6 Å². The van der Waals surface area contributed by atoms with Gasteiger partial charge in [-0.25, -0.2) is 4.79 Å². The third-order valence-electron chi connectivity index (χ3n) is 4.20. The fraction of sp³-hybridized carbons (Fsp3) is 0.353. The summed E-state index contributed by atoms with van der Waals surface area (Å²) in [4.78, 5) is 24.8. The lowest BCUT2D eigenvalue weighted by atomic mass is 10.1. The molecule has 2 heterocycles. The zero-order valence-corrected chi connectivity index (χ0v) is 14.0. The topological polar surface area (TPSA) is 97.9 Å². The smallest absolute Gasteiger partial charge is 0.322 e. The van der Waals surface area contributed by atoms with Gasteiger partial charge in [0.25, 0.3) is 5.69 Å². The van der Waals surface area contributed by atoms with Crippen molar-refractivity contribution >= 4 is 17.4 Å². The Labute approximate surface area is 144 Å². The third-order valence-corrected chi connectivity index (χ3v) is 4.20. The van der Waals surface area contributed by atoms with Gasteiger partial charge in [0.2, 0.25) is 0 Å². The Morgan fingerprint density at radius 3 is 2.84 bits per heavy atom. The number of furan rings is 1. The average Bonchev–Trinajstić information content (AvgIpc) is 3.11. The number of carbonyl (C=O) groups excluding carboxylic acids is 1. The summed E-state index contributed by atoms with van der Waals surface area (Å²) in [5.74, 6) is 0.666. The molecule has 2 amide bonds. The van der Waals surface area contributed by atoms with Crippen molar-refractivity contribution in [3.05, 3.63) is 57.5 Å². The quantitative estimate of drug-likeness (QED) is 0.679. The van der Waals surface area contributed by atoms with Crippen molar-refractivity contribution in [1.82, 2.24) is 4.90 Å². The highest BCUT2D eigenvalue weighted by Gasteiger charge is 2.27. The van der Waals surface area contributed by atoms with E-state index in [1.54, 1.807) is 43.2 Å². The van der Waals surface area contributed by atoms with Crippen LogP contribution in [-0.2, 0) is 4.74 Å². The highest BCUT2D eigenvalue weighted by Crippen LogP contribution is 2.27. The van der Waals surface area contributed by atoms with Crippen molar-refractivity contribution in [3.63, 3.8) is 0 Å². The number of nitrogens with zero attached hydrogens (tertiary/aromatic N) is 2. The first-order chi connectivity index (χ1) is 12.0. The molecular weight excluding hydrogens is 326 g/mol. The molecule has 3 rings (SSSR count). The minimum atomic E-state index is -0.452. The van der Waals surface area contributed by atoms with Gasteiger partial charge in [-0.2, -0.15) is 0 Å². The Morgan fingerprint density at radius 2 is 2.16 bits per heavy atom. The molecule has 0 spiro atoms. The number of hydrogen-bond donors (Lipinski definition) is 1. The molecule has 8 nitrogen and oxygen atoms in total. The predicted octanol–water partition coefficient (Wildman–Crippen LogP) is 3.41. The normalized spacial score (nSPS) is 17.4. The van der Waals surface area contributed by atoms with Crippen molar-refractivity contribution in [2.24, 2.45) is 0 Å². The van der Waals surface area contributed by atoms with E-state index < -0.39 is 4.92 Å². The first kappa shape index (κ1) is 17.0. The summed E-state index contributed by atoms with van der Waals surface area (Å²) in [7, 11) is 0. The first-order valence-corrected chi connectivity index (χ1v) is 7.92. The summed E-state index contributed by atoms with van der Waals surface area (Å²) in [6.45, 7) is 4.66. The van der Waals surface area contributed by atoms with Crippen molar-refractivity contribution in [2.75, 3.05) is 25.0 Å². The number of anilines is 1. The van der Waals surface area contributed by atoms with E-state index in [2.05, 4.69) is 5.32 Å². The van der Waals surface area contributed by atoms with Crippen molar-refractivity contribution in [1.29, 1.82) is 0 Å². The number of urea groups is 1. The largest absolute Gasteiger partial charge is 0.467 e. The summed E-state index contributed by atoms with van der Waals surface area (Å²) >= 11 is 0. The zero-order valence-electron chi connectivity index (χ0n) is 14.0. The van der Waals surface area contributed by atoms with Crippen LogP contribution in [0.2, 0.25) is 0 Å². The minimum absolute atomic E-state index is 0.0173. The summed E-state index contributed by atoms with van der Waals surface area (Å²) < 4.78 is 11.0. The molecule has 0 radical (unpaired) electrons. The summed E-state index contributed by atoms with van der Waals surface area (Å²) in [6.07, 6.45) is 1.25. The van der Waals surface area contributed by atoms with Gasteiger partial charge in [0.05, 0.1) is 30.0 Å². The van der Waals surface area contributed by atoms with E-state index in [4.69, 9.17) is 9.15 Å². The number of nitrogens with one attached hydrogen (secondary N) is 1. The van der Waals surface area contributed by atoms with Crippen LogP contribution in [0.3, 0.4) is 0 Å². The van der Waals surface area contributed by atoms with Crippen molar-refractivity contribution < 1.29 is 18.9 Å². The highest BCUT2D eigenvalue weighted by molar-refractivity contribution is 5.90. The fourth-order valence-corrected chi connectivity index (χ4v) is 2.85. The monoisotopic (exact) mass is 345 g/mol. The van der Waals surface area contributed by atoms with Crippen molar-refractivity contribution in [2.45, 2.75) is 20.0 Å². The van der Waals surface area contributed by atoms with Gasteiger partial charge in [-0.3, -0.25) is 10.1 Å². The summed E-state index contributed by atoms with van der Waals surface area (Å²) in [5.41, 5.74) is 1.75. The van der Waals surface area contributed by atoms with Crippen LogP contribution in [0.25, 0.3) is 0 Å². The maximum absolute atomic E-state index is 12.6. The molecule has 8 heteroatoms. The van der Waals surface area contributed by atoms with E-state index in [9.17, 15) is 14.9 Å². The van der Waals surface area contributed by atoms with Gasteiger partial charge in [0.1, 0.15) is 11.9 Å². The molecule has 0 aliphatic carbocycles. The van der Waals surface area contributed by atoms with Crippen LogP contribution in [0, 0.1) is 24.0 Å². The molecule has 1 N–H and O–H groups in total. The minimum Gasteiger partial charge on any atom is -0.467 e. The van der Waals surface area contributed by atoms with E-state index in [0.717, 1.165) is 5.56 Å². The van der Waals surface area contributed by atoms with Crippen LogP contribution < -0.4 is 5.32 Å². The number of benzene rings is 1. The van der Waals surface area contributed by atoms with Gasteiger partial charge in [-0.1, -0.05) is 0 Å². The fourth-order valence-electron chi connectivity index (χ4n) is 2.85. The van der Waals surface area contributed by atoms with E-state index >= 15 is 0 Å². The Hall–Kier alpha value is -2.87. The molecule has 1 atom stereocenters. The molecule has 132 valence electrons. The Kier molecular flexibility index (Phi) is 4.71. The van der Waals surface area contributed by atoms with Crippen LogP contribution >= 0.6 is 0 Å². The average molecular weight is 345 g/mol. The van der Waals surface area contributed by atoms with Crippen LogP contribution in [0.1, 0.15) is 23.0 Å². The lowest BCUT2D eigenvalue weighted by Crippen LogP contribution is -2.44. The zero-order chi connectivity index (χ0) is 18.0. The second kappa shape index (κ2) is 6.94. The molecule has 1 saturated heterocycles. The molecule has 1 unspecified atom stereocenters. The molecule has 1 fully saturated rings. The number of carbonyl (C=O) groups is 1. The number of ether oxygens (including phenoxy) is 1. The Bertz CT molecular complexity index is 788. The van der Waals surface area contributed by atoms with E-state index in [0.29, 0.717) is 36.7 Å². The Morgan fingerprint density at radius 1 is 1.36 bits per heavy atom. The molecule has 1 aliphatic rings. The first-order valence-electron chi connectivity index (χ1n) is 7.92. The second-order valence-electron chi connectivity index (χ2n) is 5.96. The van der Waals surface area contributed by atoms with Crippen molar-refractivity contribution in [3.8, 4) is 0 Å². The molecular formula is C17H19N3O5. The lowest BCUT2D eigenvalue weighted by molar-refractivity contribution is -0.385. The van der Waals surface area contributed by atoms with E-state index in [1.165, 1.54) is 6.07 Å². The molecule has 25 heavy (non-hydrogen) atoms. The van der Waals surface area contributed by atoms with E-state index in [-0.39, 0.29) is 17.8 Å².